The van der Waals surface area contributed by atoms with Crippen LogP contribution in [0.4, 0.5) is 9.52 Å². The fraction of sp³-hybridized carbons (Fsp3) is 0.333. The Morgan fingerprint density at radius 2 is 1.83 bits per heavy atom. The van der Waals surface area contributed by atoms with E-state index in [4.69, 9.17) is 9.47 Å². The number of hydrogen-bond donors (Lipinski definition) is 0. The van der Waals surface area contributed by atoms with Gasteiger partial charge in [-0.1, -0.05) is 29.5 Å². The number of benzene rings is 2. The number of fused-ring (bicyclic) bond motifs is 1. The second-order valence-corrected chi connectivity index (χ2v) is 7.61. The Morgan fingerprint density at radius 1 is 1.07 bits per heavy atom. The summed E-state index contributed by atoms with van der Waals surface area (Å²) in [5.41, 5.74) is 0.729. The van der Waals surface area contributed by atoms with Crippen LogP contribution in [0.15, 0.2) is 42.5 Å². The molecule has 29 heavy (non-hydrogen) atoms. The Kier molecular flexibility index (Phi) is 7.00. The maximum Gasteiger partial charge on any atom is 0.266 e. The summed E-state index contributed by atoms with van der Waals surface area (Å²) in [6, 6.07) is 11.7. The summed E-state index contributed by atoms with van der Waals surface area (Å²) in [4.78, 5) is 21.1. The molecule has 0 unspecified atom stereocenters. The molecule has 0 bridgehead atoms. The molecule has 0 spiro atoms. The Balaban J connectivity index is 1.84. The number of anilines is 1. The smallest absolute Gasteiger partial charge is 0.266 e. The Morgan fingerprint density at radius 3 is 2.55 bits per heavy atom. The molecule has 6 nitrogen and oxygen atoms in total. The molecule has 0 atom stereocenters. The molecule has 0 aliphatic rings. The predicted molar refractivity (Wildman–Crippen MR) is 114 cm³/mol. The minimum Gasteiger partial charge on any atom is -0.492 e. The van der Waals surface area contributed by atoms with Gasteiger partial charge in [-0.3, -0.25) is 9.69 Å². The molecule has 2 aromatic carbocycles. The van der Waals surface area contributed by atoms with E-state index in [-0.39, 0.29) is 18.3 Å². The van der Waals surface area contributed by atoms with Crippen molar-refractivity contribution < 1.29 is 18.7 Å². The van der Waals surface area contributed by atoms with Gasteiger partial charge < -0.3 is 14.4 Å². The van der Waals surface area contributed by atoms with E-state index in [1.807, 2.05) is 44.1 Å². The average Bonchev–Trinajstić information content (AvgIpc) is 3.12. The van der Waals surface area contributed by atoms with Gasteiger partial charge in [0.25, 0.3) is 5.91 Å². The molecule has 0 aliphatic carbocycles. The van der Waals surface area contributed by atoms with Crippen molar-refractivity contribution in [3.63, 3.8) is 0 Å². The molecule has 3 aromatic rings. The lowest BCUT2D eigenvalue weighted by Gasteiger charge is -2.22. The maximum atomic E-state index is 13.8. The highest BCUT2D eigenvalue weighted by Crippen LogP contribution is 2.34. The van der Waals surface area contributed by atoms with Gasteiger partial charge in [0.2, 0.25) is 0 Å². The molecule has 8 heteroatoms. The van der Waals surface area contributed by atoms with E-state index < -0.39 is 5.82 Å². The van der Waals surface area contributed by atoms with Gasteiger partial charge in [0.05, 0.1) is 11.3 Å². The van der Waals surface area contributed by atoms with Crippen LogP contribution >= 0.6 is 11.3 Å². The molecule has 0 radical (unpaired) electrons. The number of amides is 1. The minimum absolute atomic E-state index is 0.0522. The highest BCUT2D eigenvalue weighted by molar-refractivity contribution is 7.22. The van der Waals surface area contributed by atoms with Gasteiger partial charge in [0.15, 0.2) is 23.3 Å². The lowest BCUT2D eigenvalue weighted by molar-refractivity contribution is -0.120. The number of rotatable bonds is 9. The fourth-order valence-corrected chi connectivity index (χ4v) is 3.73. The van der Waals surface area contributed by atoms with E-state index >= 15 is 0 Å². The summed E-state index contributed by atoms with van der Waals surface area (Å²) >= 11 is 1.42. The third kappa shape index (κ3) is 5.21. The van der Waals surface area contributed by atoms with Crippen LogP contribution in [0.5, 0.6) is 11.5 Å². The van der Waals surface area contributed by atoms with Crippen LogP contribution in [0.3, 0.4) is 0 Å². The standard InChI is InChI=1S/C21H24FN3O3S/c1-4-27-17-10-7-11-18-20(17)23-21(29-18)25(13-12-24(2)3)19(26)14-28-16-9-6-5-8-15(16)22/h5-11H,4,12-14H2,1-3H3. The quantitative estimate of drug-likeness (QED) is 0.530. The summed E-state index contributed by atoms with van der Waals surface area (Å²) in [6.45, 7) is 3.27. The summed E-state index contributed by atoms with van der Waals surface area (Å²) < 4.78 is 25.8. The average molecular weight is 418 g/mol. The van der Waals surface area contributed by atoms with Crippen molar-refractivity contribution in [3.05, 3.63) is 48.3 Å². The number of aromatic nitrogens is 1. The molecule has 1 aromatic heterocycles. The highest BCUT2D eigenvalue weighted by atomic mass is 32.1. The van der Waals surface area contributed by atoms with Crippen molar-refractivity contribution in [1.29, 1.82) is 0 Å². The van der Waals surface area contributed by atoms with Gasteiger partial charge in [-0.15, -0.1) is 0 Å². The van der Waals surface area contributed by atoms with Crippen molar-refractivity contribution in [2.45, 2.75) is 6.92 Å². The lowest BCUT2D eigenvalue weighted by Crippen LogP contribution is -2.39. The molecule has 154 valence electrons. The molecule has 0 N–H and O–H groups in total. The number of para-hydroxylation sites is 2. The van der Waals surface area contributed by atoms with E-state index in [0.717, 1.165) is 10.2 Å². The van der Waals surface area contributed by atoms with Crippen LogP contribution in [-0.2, 0) is 4.79 Å². The third-order valence-corrected chi connectivity index (χ3v) is 5.20. The van der Waals surface area contributed by atoms with E-state index in [0.29, 0.717) is 30.6 Å². The molecule has 0 aliphatic heterocycles. The number of nitrogens with zero attached hydrogens (tertiary/aromatic N) is 3. The number of carbonyl (C=O) groups is 1. The topological polar surface area (TPSA) is 54.9 Å². The third-order valence-electron chi connectivity index (χ3n) is 4.16. The molecular weight excluding hydrogens is 393 g/mol. The number of thiazole rings is 1. The first kappa shape index (κ1) is 21.0. The van der Waals surface area contributed by atoms with Crippen molar-refractivity contribution in [2.24, 2.45) is 0 Å². The molecule has 1 heterocycles. The van der Waals surface area contributed by atoms with Gasteiger partial charge >= 0.3 is 0 Å². The molecule has 1 amide bonds. The van der Waals surface area contributed by atoms with E-state index in [9.17, 15) is 9.18 Å². The summed E-state index contributed by atoms with van der Waals surface area (Å²) in [5.74, 6) is -0.0416. The number of ether oxygens (including phenoxy) is 2. The molecule has 3 rings (SSSR count). The van der Waals surface area contributed by atoms with Crippen LogP contribution < -0.4 is 14.4 Å². The molecule has 0 fully saturated rings. The van der Waals surface area contributed by atoms with Gasteiger partial charge in [0, 0.05) is 13.1 Å². The first-order valence-electron chi connectivity index (χ1n) is 9.34. The molecular formula is C21H24FN3O3S. The second kappa shape index (κ2) is 9.67. The first-order chi connectivity index (χ1) is 14.0. The van der Waals surface area contributed by atoms with Gasteiger partial charge in [-0.2, -0.15) is 0 Å². The monoisotopic (exact) mass is 417 g/mol. The zero-order valence-corrected chi connectivity index (χ0v) is 17.5. The number of likely N-dealkylation sites (N-methyl/N-ethyl adjacent to an activating group) is 1. The van der Waals surface area contributed by atoms with Gasteiger partial charge in [-0.25, -0.2) is 9.37 Å². The van der Waals surface area contributed by atoms with Crippen molar-refractivity contribution >= 4 is 32.6 Å². The Labute approximate surface area is 173 Å². The van der Waals surface area contributed by atoms with Crippen LogP contribution in [0.1, 0.15) is 6.92 Å². The van der Waals surface area contributed by atoms with Crippen LogP contribution in [0.2, 0.25) is 0 Å². The number of halogens is 1. The summed E-state index contributed by atoms with van der Waals surface area (Å²) in [7, 11) is 3.87. The molecule has 0 saturated carbocycles. The minimum atomic E-state index is -0.499. The summed E-state index contributed by atoms with van der Waals surface area (Å²) in [5, 5.41) is 0.566. The fourth-order valence-electron chi connectivity index (χ4n) is 2.71. The van der Waals surface area contributed by atoms with Gasteiger partial charge in [0.1, 0.15) is 11.3 Å². The predicted octanol–water partition coefficient (Wildman–Crippen LogP) is 3.81. The van der Waals surface area contributed by atoms with Crippen molar-refractivity contribution in [1.82, 2.24) is 9.88 Å². The highest BCUT2D eigenvalue weighted by Gasteiger charge is 2.22. The van der Waals surface area contributed by atoms with Crippen molar-refractivity contribution in [3.8, 4) is 11.5 Å². The zero-order valence-electron chi connectivity index (χ0n) is 16.7. The van der Waals surface area contributed by atoms with E-state index in [1.54, 1.807) is 17.0 Å². The van der Waals surface area contributed by atoms with E-state index in [2.05, 4.69) is 4.98 Å². The van der Waals surface area contributed by atoms with Crippen LogP contribution in [0.25, 0.3) is 10.2 Å². The number of hydrogen-bond acceptors (Lipinski definition) is 6. The van der Waals surface area contributed by atoms with Crippen molar-refractivity contribution in [2.75, 3.05) is 45.3 Å². The van der Waals surface area contributed by atoms with Crippen LogP contribution in [-0.4, -0.2) is 56.2 Å². The Bertz CT molecular complexity index is 977. The largest absolute Gasteiger partial charge is 0.492 e. The Hall–Kier alpha value is -2.71. The maximum absolute atomic E-state index is 13.8. The van der Waals surface area contributed by atoms with E-state index in [1.165, 1.54) is 23.5 Å². The van der Waals surface area contributed by atoms with Gasteiger partial charge in [-0.05, 0) is 45.3 Å². The normalized spacial score (nSPS) is 11.1. The summed E-state index contributed by atoms with van der Waals surface area (Å²) in [6.07, 6.45) is 0. The molecule has 0 saturated heterocycles. The second-order valence-electron chi connectivity index (χ2n) is 6.60. The first-order valence-corrected chi connectivity index (χ1v) is 10.2. The zero-order chi connectivity index (χ0) is 20.8. The SMILES string of the molecule is CCOc1cccc2sc(N(CCN(C)C)C(=O)COc3ccccc3F)nc12. The number of carbonyl (C=O) groups excluding carboxylic acids is 1. The lowest BCUT2D eigenvalue weighted by atomic mass is 10.3. The van der Waals surface area contributed by atoms with Crippen LogP contribution in [0, 0.1) is 5.82 Å².